The molecule has 1 aromatic heterocycles. The van der Waals surface area contributed by atoms with Crippen molar-refractivity contribution in [3.63, 3.8) is 0 Å². The van der Waals surface area contributed by atoms with Gasteiger partial charge < -0.3 is 4.74 Å². The molecule has 0 radical (unpaired) electrons. The molecule has 1 aliphatic carbocycles. The average molecular weight is 388 g/mol. The summed E-state index contributed by atoms with van der Waals surface area (Å²) in [5, 5.41) is 0. The van der Waals surface area contributed by atoms with E-state index in [1.807, 2.05) is 19.1 Å². The maximum absolute atomic E-state index is 13.4. The lowest BCUT2D eigenvalue weighted by Crippen LogP contribution is -2.45. The first kappa shape index (κ1) is 18.0. The van der Waals surface area contributed by atoms with Crippen LogP contribution in [0.3, 0.4) is 0 Å². The molecule has 0 N–H and O–H groups in total. The van der Waals surface area contributed by atoms with Gasteiger partial charge in [0.25, 0.3) is 5.92 Å². The number of esters is 1. The van der Waals surface area contributed by atoms with Crippen molar-refractivity contribution in [1.29, 1.82) is 0 Å². The topological polar surface area (TPSA) is 39.2 Å². The third kappa shape index (κ3) is 3.97. The minimum atomic E-state index is -2.71. The van der Waals surface area contributed by atoms with Gasteiger partial charge in [-0.3, -0.25) is 9.78 Å². The predicted molar refractivity (Wildman–Crippen MR) is 87.9 cm³/mol. The fourth-order valence-electron chi connectivity index (χ4n) is 3.08. The van der Waals surface area contributed by atoms with Gasteiger partial charge in [-0.1, -0.05) is 20.4 Å². The molecule has 1 saturated heterocycles. The van der Waals surface area contributed by atoms with Gasteiger partial charge in [0.05, 0.1) is 18.2 Å². The highest BCUT2D eigenvalue weighted by Gasteiger charge is 2.58. The van der Waals surface area contributed by atoms with E-state index in [2.05, 4.69) is 27.5 Å². The third-order valence-electron chi connectivity index (χ3n) is 4.60. The fourth-order valence-corrected chi connectivity index (χ4v) is 3.32. The second-order valence-corrected chi connectivity index (χ2v) is 7.41. The quantitative estimate of drug-likeness (QED) is 0.654. The van der Waals surface area contributed by atoms with Crippen LogP contribution >= 0.6 is 15.9 Å². The second kappa shape index (κ2) is 6.67. The van der Waals surface area contributed by atoms with Gasteiger partial charge in [-0.25, -0.2) is 8.78 Å². The Balaban J connectivity index is 0.000000185. The van der Waals surface area contributed by atoms with E-state index in [0.29, 0.717) is 13.0 Å². The first-order valence-corrected chi connectivity index (χ1v) is 8.26. The highest BCUT2D eigenvalue weighted by molar-refractivity contribution is 9.10. The Hall–Kier alpha value is -1.30. The summed E-state index contributed by atoms with van der Waals surface area (Å²) in [7, 11) is 0. The molecule has 0 bridgehead atoms. The number of halogens is 3. The molecule has 126 valence electrons. The normalized spacial score (nSPS) is 31.4. The fraction of sp³-hybridized carbons (Fsp3) is 0.529. The predicted octanol–water partition coefficient (Wildman–Crippen LogP) is 4.72. The Morgan fingerprint density at radius 3 is 2.70 bits per heavy atom. The number of pyridine rings is 1. The molecule has 23 heavy (non-hydrogen) atoms. The van der Waals surface area contributed by atoms with Crippen LogP contribution in [0.1, 0.15) is 32.4 Å². The van der Waals surface area contributed by atoms with Crippen molar-refractivity contribution >= 4 is 28.0 Å². The van der Waals surface area contributed by atoms with E-state index < -0.39 is 23.7 Å². The lowest BCUT2D eigenvalue weighted by atomic mass is 9.64. The van der Waals surface area contributed by atoms with Crippen LogP contribution in [0.15, 0.2) is 29.4 Å². The number of nitrogens with zero attached hydrogens (tertiary/aromatic N) is 1. The number of ether oxygens (including phenoxy) is 1. The molecule has 1 saturated carbocycles. The van der Waals surface area contributed by atoms with E-state index in [4.69, 9.17) is 4.74 Å². The van der Waals surface area contributed by atoms with Crippen LogP contribution in [-0.2, 0) is 9.53 Å². The Labute approximate surface area is 143 Å². The molecule has 3 atom stereocenters. The maximum Gasteiger partial charge on any atom is 0.309 e. The first-order valence-electron chi connectivity index (χ1n) is 7.46. The SMILES string of the molecule is C=Cc1ccc(Br)cn1.CC1CC2(C)COC(=O)C2CC1(F)F. The van der Waals surface area contributed by atoms with Crippen LogP contribution in [0.4, 0.5) is 8.78 Å². The molecule has 3 rings (SSSR count). The number of aromatic nitrogens is 1. The number of hydrogen-bond donors (Lipinski definition) is 0. The van der Waals surface area contributed by atoms with Crippen molar-refractivity contribution in [2.45, 2.75) is 32.6 Å². The Morgan fingerprint density at radius 2 is 2.13 bits per heavy atom. The minimum absolute atomic E-state index is 0.302. The van der Waals surface area contributed by atoms with Gasteiger partial charge >= 0.3 is 5.97 Å². The second-order valence-electron chi connectivity index (χ2n) is 6.49. The number of carbonyl (C=O) groups excluding carboxylic acids is 1. The van der Waals surface area contributed by atoms with Crippen molar-refractivity contribution in [1.82, 2.24) is 4.98 Å². The molecule has 3 nitrogen and oxygen atoms in total. The zero-order chi connectivity index (χ0) is 17.3. The Kier molecular flexibility index (Phi) is 5.23. The van der Waals surface area contributed by atoms with Gasteiger partial charge in [0.2, 0.25) is 0 Å². The van der Waals surface area contributed by atoms with E-state index in [1.165, 1.54) is 0 Å². The third-order valence-corrected chi connectivity index (χ3v) is 5.07. The van der Waals surface area contributed by atoms with Crippen LogP contribution in [0.2, 0.25) is 0 Å². The number of fused-ring (bicyclic) bond motifs is 1. The molecule has 2 fully saturated rings. The molecule has 0 aromatic carbocycles. The van der Waals surface area contributed by atoms with Crippen LogP contribution in [-0.4, -0.2) is 23.5 Å². The summed E-state index contributed by atoms with van der Waals surface area (Å²) in [6.07, 6.45) is 3.49. The standard InChI is InChI=1S/C10H14F2O2.C7H6BrN/c1-6-3-9(2)5-14-8(13)7(9)4-10(6,11)12;1-2-7-4-3-6(8)5-9-7/h6-7H,3-5H2,1-2H3;2-5H,1H2. The van der Waals surface area contributed by atoms with Crippen molar-refractivity contribution in [2.75, 3.05) is 6.61 Å². The van der Waals surface area contributed by atoms with Gasteiger partial charge in [0.15, 0.2) is 0 Å². The van der Waals surface area contributed by atoms with Crippen LogP contribution < -0.4 is 0 Å². The molecule has 2 heterocycles. The molecular formula is C17H20BrF2NO2. The molecule has 3 unspecified atom stereocenters. The maximum atomic E-state index is 13.4. The van der Waals surface area contributed by atoms with Crippen LogP contribution in [0, 0.1) is 17.3 Å². The van der Waals surface area contributed by atoms with Gasteiger partial charge in [-0.15, -0.1) is 0 Å². The van der Waals surface area contributed by atoms with Gasteiger partial charge in [-0.2, -0.15) is 0 Å². The summed E-state index contributed by atoms with van der Waals surface area (Å²) in [5.41, 5.74) is 0.538. The number of carbonyl (C=O) groups is 1. The van der Waals surface area contributed by atoms with E-state index in [0.717, 1.165) is 10.2 Å². The molecule has 1 aliphatic heterocycles. The summed E-state index contributed by atoms with van der Waals surface area (Å²) >= 11 is 3.28. The van der Waals surface area contributed by atoms with E-state index in [1.54, 1.807) is 19.2 Å². The van der Waals surface area contributed by atoms with E-state index in [9.17, 15) is 13.6 Å². The smallest absolute Gasteiger partial charge is 0.309 e. The van der Waals surface area contributed by atoms with Crippen molar-refractivity contribution in [3.8, 4) is 0 Å². The van der Waals surface area contributed by atoms with Gasteiger partial charge in [0.1, 0.15) is 0 Å². The number of hydrogen-bond acceptors (Lipinski definition) is 3. The van der Waals surface area contributed by atoms with Crippen LogP contribution in [0.5, 0.6) is 0 Å². The van der Waals surface area contributed by atoms with Crippen molar-refractivity contribution in [2.24, 2.45) is 17.3 Å². The summed E-state index contributed by atoms with van der Waals surface area (Å²) in [6, 6.07) is 3.83. The monoisotopic (exact) mass is 387 g/mol. The molecule has 2 aliphatic rings. The number of alkyl halides is 2. The van der Waals surface area contributed by atoms with Crippen molar-refractivity contribution in [3.05, 3.63) is 35.1 Å². The Morgan fingerprint density at radius 1 is 1.43 bits per heavy atom. The van der Waals surface area contributed by atoms with E-state index >= 15 is 0 Å². The zero-order valence-electron chi connectivity index (χ0n) is 13.2. The van der Waals surface area contributed by atoms with Crippen LogP contribution in [0.25, 0.3) is 6.08 Å². The highest BCUT2D eigenvalue weighted by Crippen LogP contribution is 2.53. The molecule has 0 amide bonds. The zero-order valence-corrected chi connectivity index (χ0v) is 14.8. The highest BCUT2D eigenvalue weighted by atomic mass is 79.9. The molecule has 6 heteroatoms. The number of rotatable bonds is 1. The molecule has 1 aromatic rings. The van der Waals surface area contributed by atoms with Gasteiger partial charge in [0, 0.05) is 28.4 Å². The van der Waals surface area contributed by atoms with E-state index in [-0.39, 0.29) is 11.8 Å². The minimum Gasteiger partial charge on any atom is -0.465 e. The Bertz CT molecular complexity index is 591. The lowest BCUT2D eigenvalue weighted by molar-refractivity contribution is -0.152. The summed E-state index contributed by atoms with van der Waals surface area (Å²) in [4.78, 5) is 15.3. The first-order chi connectivity index (χ1) is 10.7. The summed E-state index contributed by atoms with van der Waals surface area (Å²) < 4.78 is 32.6. The number of cyclic esters (lactones) is 1. The molecular weight excluding hydrogens is 368 g/mol. The van der Waals surface area contributed by atoms with Gasteiger partial charge in [-0.05, 0) is 40.6 Å². The summed E-state index contributed by atoms with van der Waals surface area (Å²) in [5.74, 6) is -4.42. The lowest BCUT2D eigenvalue weighted by Gasteiger charge is -2.40. The largest absolute Gasteiger partial charge is 0.465 e. The summed E-state index contributed by atoms with van der Waals surface area (Å²) in [6.45, 7) is 7.30. The average Bonchev–Trinajstić information content (AvgIpc) is 2.77. The van der Waals surface area contributed by atoms with Crippen molar-refractivity contribution < 1.29 is 18.3 Å². The molecule has 0 spiro atoms.